The van der Waals surface area contributed by atoms with Crippen LogP contribution in [0.15, 0.2) is 28.7 Å². The van der Waals surface area contributed by atoms with Crippen molar-refractivity contribution in [2.75, 3.05) is 20.0 Å². The number of fused-ring (bicyclic) bond motifs is 1. The molecule has 1 aromatic carbocycles. The molecule has 1 heterocycles. The standard InChI is InChI=1S/C18H17F8NO9S/c1-17(2,8-35-27(30)31)7-32-16(29)34-9-33-15(28)12-6-10-5-11(37(22,23,24,25)26)3-4-13(10)36-14(12)18(19,20)21/h3-6,14H,7-9H2,1-2H3. The van der Waals surface area contributed by atoms with Crippen LogP contribution in [0.5, 0.6) is 5.75 Å². The molecule has 0 bridgehead atoms. The van der Waals surface area contributed by atoms with Gasteiger partial charge in [-0.25, -0.2) is 9.59 Å². The van der Waals surface area contributed by atoms with Crippen molar-refractivity contribution in [3.63, 3.8) is 0 Å². The van der Waals surface area contributed by atoms with E-state index < -0.39 is 86.9 Å². The van der Waals surface area contributed by atoms with Gasteiger partial charge in [0.25, 0.3) is 5.09 Å². The summed E-state index contributed by atoms with van der Waals surface area (Å²) in [5.41, 5.74) is -3.42. The number of carbonyl (C=O) groups excluding carboxylic acids is 2. The van der Waals surface area contributed by atoms with Crippen LogP contribution in [0, 0.1) is 15.5 Å². The van der Waals surface area contributed by atoms with Gasteiger partial charge in [0.2, 0.25) is 12.9 Å². The minimum absolute atomic E-state index is 0.158. The molecule has 0 spiro atoms. The largest absolute Gasteiger partial charge is 0.511 e. The minimum Gasteiger partial charge on any atom is -0.475 e. The Hall–Kier alpha value is -3.51. The molecule has 0 aromatic heterocycles. The molecule has 1 aliphatic heterocycles. The molecule has 0 radical (unpaired) electrons. The lowest BCUT2D eigenvalue weighted by atomic mass is 9.97. The third kappa shape index (κ3) is 8.53. The predicted octanol–water partition coefficient (Wildman–Crippen LogP) is 5.94. The summed E-state index contributed by atoms with van der Waals surface area (Å²) >= 11 is 0. The summed E-state index contributed by atoms with van der Waals surface area (Å²) in [5, 5.41) is 9.11. The summed E-state index contributed by atoms with van der Waals surface area (Å²) in [6.07, 6.45) is -9.62. The Morgan fingerprint density at radius 3 is 2.22 bits per heavy atom. The second-order valence-electron chi connectivity index (χ2n) is 8.20. The van der Waals surface area contributed by atoms with Crippen LogP contribution in [0.4, 0.5) is 37.4 Å². The fraction of sp³-hybridized carbons (Fsp3) is 0.444. The van der Waals surface area contributed by atoms with Crippen LogP contribution in [0.25, 0.3) is 6.08 Å². The van der Waals surface area contributed by atoms with Gasteiger partial charge in [-0.05, 0) is 24.3 Å². The Morgan fingerprint density at radius 1 is 1.05 bits per heavy atom. The molecular weight excluding hydrogens is 558 g/mol. The van der Waals surface area contributed by atoms with Crippen LogP contribution in [-0.2, 0) is 23.8 Å². The molecule has 1 aliphatic rings. The molecule has 0 saturated carbocycles. The Kier molecular flexibility index (Phi) is 7.31. The highest BCUT2D eigenvalue weighted by atomic mass is 32.5. The summed E-state index contributed by atoms with van der Waals surface area (Å²) < 4.78 is 123. The number of benzene rings is 1. The highest BCUT2D eigenvalue weighted by Gasteiger charge is 2.65. The molecule has 1 aromatic rings. The summed E-state index contributed by atoms with van der Waals surface area (Å²) in [6.45, 7) is 0.491. The zero-order valence-electron chi connectivity index (χ0n) is 18.6. The van der Waals surface area contributed by atoms with E-state index in [9.17, 15) is 52.3 Å². The SMILES string of the molecule is CC(C)(COC(=O)OCOC(=O)C1=Cc2cc(S(F)(F)(F)(F)F)ccc2OC1C(F)(F)F)CO[N+](=O)[O-]. The maximum atomic E-state index is 13.4. The lowest BCUT2D eigenvalue weighted by molar-refractivity contribution is -0.760. The summed E-state index contributed by atoms with van der Waals surface area (Å²) in [5.74, 6) is -2.73. The minimum atomic E-state index is -10.2. The normalized spacial score (nSPS) is 17.7. The van der Waals surface area contributed by atoms with E-state index in [1.807, 2.05) is 0 Å². The Morgan fingerprint density at radius 2 is 1.68 bits per heavy atom. The van der Waals surface area contributed by atoms with E-state index in [0.29, 0.717) is 0 Å². The van der Waals surface area contributed by atoms with E-state index in [1.54, 1.807) is 0 Å². The fourth-order valence-corrected chi connectivity index (χ4v) is 3.28. The molecule has 10 nitrogen and oxygen atoms in total. The van der Waals surface area contributed by atoms with Gasteiger partial charge < -0.3 is 23.8 Å². The van der Waals surface area contributed by atoms with E-state index >= 15 is 0 Å². The quantitative estimate of drug-likeness (QED) is 0.116. The fourth-order valence-electron chi connectivity index (χ4n) is 2.61. The number of alkyl halides is 3. The second kappa shape index (κ2) is 9.10. The van der Waals surface area contributed by atoms with Crippen LogP contribution >= 0.6 is 10.2 Å². The number of hydrogen-bond donors (Lipinski definition) is 0. The molecule has 19 heteroatoms. The lowest BCUT2D eigenvalue weighted by Crippen LogP contribution is -2.41. The van der Waals surface area contributed by atoms with Crippen LogP contribution in [0.2, 0.25) is 0 Å². The summed E-state index contributed by atoms with van der Waals surface area (Å²) in [6, 6.07) is -0.0957. The van der Waals surface area contributed by atoms with Crippen molar-refractivity contribution in [2.45, 2.75) is 31.0 Å². The first-order valence-corrected chi connectivity index (χ1v) is 11.5. The smallest absolute Gasteiger partial charge is 0.475 e. The zero-order chi connectivity index (χ0) is 28.5. The number of ether oxygens (including phenoxy) is 4. The van der Waals surface area contributed by atoms with E-state index in [2.05, 4.69) is 23.8 Å². The zero-order valence-corrected chi connectivity index (χ0v) is 19.4. The first-order valence-electron chi connectivity index (χ1n) is 9.56. The third-order valence-electron chi connectivity index (χ3n) is 4.31. The number of esters is 1. The van der Waals surface area contributed by atoms with Gasteiger partial charge in [0.15, 0.2) is 0 Å². The van der Waals surface area contributed by atoms with Crippen LogP contribution in [0.3, 0.4) is 0 Å². The van der Waals surface area contributed by atoms with Crippen molar-refractivity contribution in [1.29, 1.82) is 0 Å². The van der Waals surface area contributed by atoms with Gasteiger partial charge in [-0.15, -0.1) is 10.1 Å². The topological polar surface area (TPSA) is 123 Å². The third-order valence-corrected chi connectivity index (χ3v) is 5.45. The van der Waals surface area contributed by atoms with Crippen LogP contribution in [0.1, 0.15) is 19.4 Å². The predicted molar refractivity (Wildman–Crippen MR) is 106 cm³/mol. The van der Waals surface area contributed by atoms with E-state index in [-0.39, 0.29) is 24.3 Å². The molecule has 0 aliphatic carbocycles. The molecular formula is C18H17F8NO9S. The summed E-state index contributed by atoms with van der Waals surface area (Å²) in [4.78, 5) is 35.6. The van der Waals surface area contributed by atoms with Crippen molar-refractivity contribution >= 4 is 28.4 Å². The van der Waals surface area contributed by atoms with Crippen molar-refractivity contribution in [1.82, 2.24) is 0 Å². The highest BCUT2D eigenvalue weighted by Crippen LogP contribution is 3.02. The van der Waals surface area contributed by atoms with Crippen molar-refractivity contribution in [3.8, 4) is 5.75 Å². The molecule has 0 saturated heterocycles. The van der Waals surface area contributed by atoms with E-state index in [1.165, 1.54) is 13.8 Å². The number of halogens is 8. The monoisotopic (exact) mass is 575 g/mol. The summed E-state index contributed by atoms with van der Waals surface area (Å²) in [7, 11) is -10.2. The second-order valence-corrected chi connectivity index (χ2v) is 10.6. The molecule has 0 amide bonds. The lowest BCUT2D eigenvalue weighted by Gasteiger charge is -2.41. The van der Waals surface area contributed by atoms with Gasteiger partial charge in [0, 0.05) is 11.0 Å². The first-order chi connectivity index (χ1) is 16.5. The number of hydrogen-bond acceptors (Lipinski definition) is 9. The van der Waals surface area contributed by atoms with E-state index in [0.717, 1.165) is 0 Å². The van der Waals surface area contributed by atoms with Gasteiger partial charge >= 0.3 is 28.5 Å². The Labute approximate surface area is 201 Å². The molecule has 210 valence electrons. The molecule has 1 atom stereocenters. The molecule has 37 heavy (non-hydrogen) atoms. The van der Waals surface area contributed by atoms with Crippen LogP contribution in [-0.4, -0.2) is 49.5 Å². The molecule has 1 unspecified atom stereocenters. The van der Waals surface area contributed by atoms with Gasteiger partial charge in [0.05, 0.1) is 5.57 Å². The molecule has 0 fully saturated rings. The van der Waals surface area contributed by atoms with Crippen molar-refractivity contribution < 1.29 is 71.1 Å². The number of rotatable bonds is 9. The molecule has 2 rings (SSSR count). The van der Waals surface area contributed by atoms with Crippen molar-refractivity contribution in [2.24, 2.45) is 5.41 Å². The maximum absolute atomic E-state index is 13.4. The van der Waals surface area contributed by atoms with Crippen LogP contribution < -0.4 is 4.74 Å². The highest BCUT2D eigenvalue weighted by molar-refractivity contribution is 8.45. The number of carbonyl (C=O) groups is 2. The van der Waals surface area contributed by atoms with Gasteiger partial charge in [-0.3, -0.25) is 0 Å². The van der Waals surface area contributed by atoms with Gasteiger partial charge in [-0.1, -0.05) is 33.3 Å². The Bertz CT molecular complexity index is 1120. The first kappa shape index (κ1) is 29.7. The van der Waals surface area contributed by atoms with Gasteiger partial charge in [0.1, 0.15) is 23.9 Å². The number of nitrogens with zero attached hydrogens (tertiary/aromatic N) is 1. The maximum Gasteiger partial charge on any atom is 0.511 e. The average Bonchev–Trinajstić information content (AvgIpc) is 2.73. The molecule has 0 N–H and O–H groups in total. The van der Waals surface area contributed by atoms with Gasteiger partial charge in [-0.2, -0.15) is 13.2 Å². The Balaban J connectivity index is 2.12. The average molecular weight is 575 g/mol. The van der Waals surface area contributed by atoms with Crippen molar-refractivity contribution in [3.05, 3.63) is 39.4 Å². The van der Waals surface area contributed by atoms with E-state index in [4.69, 9.17) is 0 Å².